The summed E-state index contributed by atoms with van der Waals surface area (Å²) < 4.78 is 5.18. The second-order valence-electron chi connectivity index (χ2n) is 3.65. The number of rotatable bonds is 2. The monoisotopic (exact) mass is 219 g/mol. The highest BCUT2D eigenvalue weighted by molar-refractivity contribution is 6.05. The predicted octanol–water partition coefficient (Wildman–Crippen LogP) is 1.27. The molecule has 0 aliphatic rings. The Hall–Kier alpha value is -2.04. The normalized spacial score (nSPS) is 10.4. The number of para-hydroxylation sites is 1. The molecule has 16 heavy (non-hydrogen) atoms. The summed E-state index contributed by atoms with van der Waals surface area (Å²) in [5, 5.41) is 7.63. The number of ether oxygens (including phenoxy) is 1. The van der Waals surface area contributed by atoms with Gasteiger partial charge in [0.1, 0.15) is 11.3 Å². The van der Waals surface area contributed by atoms with Gasteiger partial charge in [-0.1, -0.05) is 12.1 Å². The minimum atomic E-state index is -0.125. The number of aromatic nitrogens is 2. The molecular formula is C11H13N3O2. The Morgan fingerprint density at radius 3 is 2.81 bits per heavy atom. The van der Waals surface area contributed by atoms with Gasteiger partial charge in [0.15, 0.2) is 5.69 Å². The van der Waals surface area contributed by atoms with Crippen LogP contribution in [0.4, 0.5) is 0 Å². The Morgan fingerprint density at radius 1 is 1.44 bits per heavy atom. The van der Waals surface area contributed by atoms with Gasteiger partial charge in [0.05, 0.1) is 7.11 Å². The molecule has 0 aliphatic heterocycles. The number of carbonyl (C=O) groups is 1. The lowest BCUT2D eigenvalue weighted by Gasteiger charge is -2.07. The van der Waals surface area contributed by atoms with E-state index in [2.05, 4.69) is 10.2 Å². The highest BCUT2D eigenvalue weighted by Gasteiger charge is 2.17. The van der Waals surface area contributed by atoms with E-state index in [0.717, 1.165) is 10.9 Å². The highest BCUT2D eigenvalue weighted by Crippen LogP contribution is 2.25. The van der Waals surface area contributed by atoms with Gasteiger partial charge in [-0.05, 0) is 6.07 Å². The first-order valence-electron chi connectivity index (χ1n) is 4.88. The molecule has 0 unspecified atom stereocenters. The lowest BCUT2D eigenvalue weighted by molar-refractivity contribution is 0.0824. The average Bonchev–Trinajstić information content (AvgIpc) is 2.71. The number of H-pyrrole nitrogens is 1. The Bertz CT molecular complexity index is 531. The fourth-order valence-electron chi connectivity index (χ4n) is 1.56. The SMILES string of the molecule is COc1cccc2c(C(=O)N(C)C)n[nH]c12. The molecule has 0 saturated heterocycles. The number of benzene rings is 1. The summed E-state index contributed by atoms with van der Waals surface area (Å²) in [6.45, 7) is 0. The molecule has 5 nitrogen and oxygen atoms in total. The van der Waals surface area contributed by atoms with E-state index in [-0.39, 0.29) is 5.91 Å². The molecule has 0 spiro atoms. The van der Waals surface area contributed by atoms with Crippen LogP contribution in [-0.2, 0) is 0 Å². The quantitative estimate of drug-likeness (QED) is 0.827. The van der Waals surface area contributed by atoms with Crippen LogP contribution in [0.2, 0.25) is 0 Å². The van der Waals surface area contributed by atoms with Crippen molar-refractivity contribution in [2.45, 2.75) is 0 Å². The van der Waals surface area contributed by atoms with Crippen LogP contribution >= 0.6 is 0 Å². The Labute approximate surface area is 93.0 Å². The molecule has 0 saturated carbocycles. The Kier molecular flexibility index (Phi) is 2.52. The van der Waals surface area contributed by atoms with Gasteiger partial charge >= 0.3 is 0 Å². The van der Waals surface area contributed by atoms with Crippen molar-refractivity contribution < 1.29 is 9.53 Å². The summed E-state index contributed by atoms with van der Waals surface area (Å²) in [6.07, 6.45) is 0. The summed E-state index contributed by atoms with van der Waals surface area (Å²) in [5.74, 6) is 0.558. The lowest BCUT2D eigenvalue weighted by atomic mass is 10.2. The molecule has 2 rings (SSSR count). The van der Waals surface area contributed by atoms with Crippen LogP contribution in [0.1, 0.15) is 10.5 Å². The van der Waals surface area contributed by atoms with Crippen molar-refractivity contribution in [1.82, 2.24) is 15.1 Å². The van der Waals surface area contributed by atoms with Crippen LogP contribution in [0.25, 0.3) is 10.9 Å². The van der Waals surface area contributed by atoms with Crippen molar-refractivity contribution in [2.75, 3.05) is 21.2 Å². The lowest BCUT2D eigenvalue weighted by Crippen LogP contribution is -2.22. The van der Waals surface area contributed by atoms with Crippen LogP contribution in [0.5, 0.6) is 5.75 Å². The molecule has 5 heteroatoms. The molecule has 1 aromatic carbocycles. The number of hydrogen-bond donors (Lipinski definition) is 1. The molecule has 0 aliphatic carbocycles. The van der Waals surface area contributed by atoms with Crippen LogP contribution in [0.3, 0.4) is 0 Å². The number of nitrogens with one attached hydrogen (secondary N) is 1. The number of nitrogens with zero attached hydrogens (tertiary/aromatic N) is 2. The minimum Gasteiger partial charge on any atom is -0.494 e. The number of carbonyl (C=O) groups excluding carboxylic acids is 1. The number of methoxy groups -OCH3 is 1. The first-order valence-corrected chi connectivity index (χ1v) is 4.88. The molecule has 0 bridgehead atoms. The minimum absolute atomic E-state index is 0.125. The summed E-state index contributed by atoms with van der Waals surface area (Å²) in [5.41, 5.74) is 1.16. The smallest absolute Gasteiger partial charge is 0.274 e. The Morgan fingerprint density at radius 2 is 2.19 bits per heavy atom. The largest absolute Gasteiger partial charge is 0.494 e. The summed E-state index contributed by atoms with van der Waals surface area (Å²) in [4.78, 5) is 13.3. The fraction of sp³-hybridized carbons (Fsp3) is 0.273. The third-order valence-electron chi connectivity index (χ3n) is 2.39. The van der Waals surface area contributed by atoms with Gasteiger partial charge in [-0.15, -0.1) is 0 Å². The van der Waals surface area contributed by atoms with Gasteiger partial charge in [-0.2, -0.15) is 5.10 Å². The molecule has 0 fully saturated rings. The van der Waals surface area contributed by atoms with Crippen LogP contribution in [-0.4, -0.2) is 42.2 Å². The average molecular weight is 219 g/mol. The van der Waals surface area contributed by atoms with Crippen LogP contribution in [0.15, 0.2) is 18.2 Å². The maximum atomic E-state index is 11.8. The van der Waals surface area contributed by atoms with Gasteiger partial charge in [-0.25, -0.2) is 0 Å². The number of aromatic amines is 1. The van der Waals surface area contributed by atoms with E-state index in [0.29, 0.717) is 11.4 Å². The van der Waals surface area contributed by atoms with Gasteiger partial charge in [-0.3, -0.25) is 9.89 Å². The summed E-state index contributed by atoms with van der Waals surface area (Å²) >= 11 is 0. The second-order valence-corrected chi connectivity index (χ2v) is 3.65. The third-order valence-corrected chi connectivity index (χ3v) is 2.39. The zero-order valence-electron chi connectivity index (χ0n) is 9.44. The Balaban J connectivity index is 2.62. The van der Waals surface area contributed by atoms with Gasteiger partial charge in [0.2, 0.25) is 0 Å². The van der Waals surface area contributed by atoms with E-state index in [1.54, 1.807) is 21.2 Å². The molecule has 2 aromatic rings. The molecule has 1 amide bonds. The molecule has 1 N–H and O–H groups in total. The van der Waals surface area contributed by atoms with Gasteiger partial charge in [0.25, 0.3) is 5.91 Å². The zero-order valence-corrected chi connectivity index (χ0v) is 9.44. The fourth-order valence-corrected chi connectivity index (χ4v) is 1.56. The molecular weight excluding hydrogens is 206 g/mol. The second kappa shape index (κ2) is 3.84. The van der Waals surface area contributed by atoms with Crippen LogP contribution in [0, 0.1) is 0 Å². The van der Waals surface area contributed by atoms with Crippen molar-refractivity contribution in [3.05, 3.63) is 23.9 Å². The first kappa shape index (κ1) is 10.5. The highest BCUT2D eigenvalue weighted by atomic mass is 16.5. The topological polar surface area (TPSA) is 58.2 Å². The van der Waals surface area contributed by atoms with Crippen molar-refractivity contribution in [1.29, 1.82) is 0 Å². The van der Waals surface area contributed by atoms with E-state index in [1.165, 1.54) is 4.90 Å². The summed E-state index contributed by atoms with van der Waals surface area (Å²) in [6, 6.07) is 5.51. The van der Waals surface area contributed by atoms with Gasteiger partial charge < -0.3 is 9.64 Å². The van der Waals surface area contributed by atoms with Crippen molar-refractivity contribution in [3.63, 3.8) is 0 Å². The third kappa shape index (κ3) is 1.50. The van der Waals surface area contributed by atoms with Crippen molar-refractivity contribution in [2.24, 2.45) is 0 Å². The number of fused-ring (bicyclic) bond motifs is 1. The standard InChI is InChI=1S/C11H13N3O2/c1-14(2)11(15)10-7-5-4-6-8(16-3)9(7)12-13-10/h4-6H,1-3H3,(H,12,13). The van der Waals surface area contributed by atoms with Crippen molar-refractivity contribution in [3.8, 4) is 5.75 Å². The number of amides is 1. The number of hydrogen-bond acceptors (Lipinski definition) is 3. The molecule has 1 heterocycles. The molecule has 84 valence electrons. The maximum Gasteiger partial charge on any atom is 0.274 e. The van der Waals surface area contributed by atoms with E-state index >= 15 is 0 Å². The molecule has 0 atom stereocenters. The van der Waals surface area contributed by atoms with Crippen LogP contribution < -0.4 is 4.74 Å². The summed E-state index contributed by atoms with van der Waals surface area (Å²) in [7, 11) is 4.98. The van der Waals surface area contributed by atoms with E-state index < -0.39 is 0 Å². The molecule has 1 aromatic heterocycles. The first-order chi connectivity index (χ1) is 7.65. The van der Waals surface area contributed by atoms with E-state index in [4.69, 9.17) is 4.74 Å². The van der Waals surface area contributed by atoms with Gasteiger partial charge in [0, 0.05) is 19.5 Å². The maximum absolute atomic E-state index is 11.8. The van der Waals surface area contributed by atoms with Crippen molar-refractivity contribution >= 4 is 16.8 Å². The van der Waals surface area contributed by atoms with E-state index in [1.807, 2.05) is 18.2 Å². The zero-order chi connectivity index (χ0) is 11.7. The predicted molar refractivity (Wildman–Crippen MR) is 60.7 cm³/mol. The van der Waals surface area contributed by atoms with E-state index in [9.17, 15) is 4.79 Å². The molecule has 0 radical (unpaired) electrons.